The van der Waals surface area contributed by atoms with E-state index in [1.54, 1.807) is 0 Å². The highest BCUT2D eigenvalue weighted by Crippen LogP contribution is 2.29. The second-order valence-corrected chi connectivity index (χ2v) is 10.2. The van der Waals surface area contributed by atoms with Crippen molar-refractivity contribution in [1.29, 1.82) is 0 Å². The van der Waals surface area contributed by atoms with E-state index in [4.69, 9.17) is 15.5 Å². The SMILES string of the molecule is CCOCc1nc2c(N)nc(C)c(C)c2n1CCC1CCN(CC(=O)Nc2ccc(N(C)C)cc2)CC1. The van der Waals surface area contributed by atoms with E-state index < -0.39 is 0 Å². The highest BCUT2D eigenvalue weighted by molar-refractivity contribution is 5.92. The Labute approximate surface area is 220 Å². The van der Waals surface area contributed by atoms with Crippen LogP contribution in [0.15, 0.2) is 24.3 Å². The molecule has 1 fully saturated rings. The van der Waals surface area contributed by atoms with Crippen LogP contribution in [0.25, 0.3) is 11.0 Å². The first-order chi connectivity index (χ1) is 17.8. The molecule has 0 saturated carbocycles. The Morgan fingerprint density at radius 3 is 2.51 bits per heavy atom. The normalized spacial score (nSPS) is 14.8. The summed E-state index contributed by atoms with van der Waals surface area (Å²) in [5.74, 6) is 2.04. The number of carbonyl (C=O) groups is 1. The van der Waals surface area contributed by atoms with E-state index in [-0.39, 0.29) is 5.91 Å². The first kappa shape index (κ1) is 26.9. The number of anilines is 3. The number of pyridine rings is 1. The van der Waals surface area contributed by atoms with Gasteiger partial charge in [0.1, 0.15) is 17.9 Å². The van der Waals surface area contributed by atoms with Crippen molar-refractivity contribution < 1.29 is 9.53 Å². The Morgan fingerprint density at radius 2 is 1.86 bits per heavy atom. The average molecular weight is 508 g/mol. The van der Waals surface area contributed by atoms with Gasteiger partial charge in [0, 0.05) is 44.3 Å². The molecule has 0 atom stereocenters. The fourth-order valence-corrected chi connectivity index (χ4v) is 5.08. The van der Waals surface area contributed by atoms with Gasteiger partial charge in [-0.2, -0.15) is 0 Å². The first-order valence-corrected chi connectivity index (χ1v) is 13.3. The number of nitrogen functional groups attached to an aromatic ring is 1. The monoisotopic (exact) mass is 507 g/mol. The van der Waals surface area contributed by atoms with Gasteiger partial charge in [-0.3, -0.25) is 9.69 Å². The summed E-state index contributed by atoms with van der Waals surface area (Å²) >= 11 is 0. The standard InChI is InChI=1S/C28H41N7O2/c1-6-37-18-24-32-26-27(19(2)20(3)30-28(26)29)35(24)16-13-21-11-14-34(15-12-21)17-25(36)31-22-7-9-23(10-8-22)33(4)5/h7-10,21H,6,11-18H2,1-5H3,(H2,29,30)(H,31,36). The van der Waals surface area contributed by atoms with E-state index in [0.717, 1.165) is 78.4 Å². The third-order valence-corrected chi connectivity index (χ3v) is 7.41. The number of hydrogen-bond acceptors (Lipinski definition) is 7. The summed E-state index contributed by atoms with van der Waals surface area (Å²) in [5, 5.41) is 3.03. The van der Waals surface area contributed by atoms with E-state index in [1.807, 2.05) is 57.1 Å². The Hall–Kier alpha value is -3.17. The maximum atomic E-state index is 12.6. The largest absolute Gasteiger partial charge is 0.382 e. The summed E-state index contributed by atoms with van der Waals surface area (Å²) in [4.78, 5) is 26.2. The number of aryl methyl sites for hydroxylation is 3. The lowest BCUT2D eigenvalue weighted by Gasteiger charge is -2.31. The maximum absolute atomic E-state index is 12.6. The molecule has 1 aromatic carbocycles. The number of nitrogens with two attached hydrogens (primary N) is 1. The van der Waals surface area contributed by atoms with Crippen molar-refractivity contribution in [2.45, 2.75) is 53.2 Å². The molecule has 0 bridgehead atoms. The summed E-state index contributed by atoms with van der Waals surface area (Å²) in [6.45, 7) is 10.4. The van der Waals surface area contributed by atoms with Crippen LogP contribution in [0.5, 0.6) is 0 Å². The van der Waals surface area contributed by atoms with Gasteiger partial charge >= 0.3 is 0 Å². The van der Waals surface area contributed by atoms with Gasteiger partial charge in [-0.05, 0) is 88.9 Å². The smallest absolute Gasteiger partial charge is 0.238 e. The Kier molecular flexibility index (Phi) is 8.66. The lowest BCUT2D eigenvalue weighted by atomic mass is 9.93. The topological polar surface area (TPSA) is 102 Å². The van der Waals surface area contributed by atoms with Gasteiger partial charge in [0.25, 0.3) is 0 Å². The molecule has 3 N–H and O–H groups in total. The lowest BCUT2D eigenvalue weighted by Crippen LogP contribution is -2.39. The number of nitrogens with one attached hydrogen (secondary N) is 1. The van der Waals surface area contributed by atoms with Crippen LogP contribution >= 0.6 is 0 Å². The van der Waals surface area contributed by atoms with E-state index in [9.17, 15) is 4.79 Å². The van der Waals surface area contributed by atoms with Crippen molar-refractivity contribution in [2.24, 2.45) is 5.92 Å². The van der Waals surface area contributed by atoms with Crippen LogP contribution in [0, 0.1) is 19.8 Å². The average Bonchev–Trinajstić information content (AvgIpc) is 3.25. The minimum absolute atomic E-state index is 0.0403. The van der Waals surface area contributed by atoms with E-state index in [0.29, 0.717) is 31.5 Å². The summed E-state index contributed by atoms with van der Waals surface area (Å²) in [5.41, 5.74) is 12.1. The molecule has 1 aliphatic rings. The van der Waals surface area contributed by atoms with E-state index in [1.165, 1.54) is 0 Å². The van der Waals surface area contributed by atoms with Crippen LogP contribution in [0.1, 0.15) is 43.3 Å². The van der Waals surface area contributed by atoms with Crippen LogP contribution in [-0.2, 0) is 22.7 Å². The molecule has 2 aromatic heterocycles. The Balaban J connectivity index is 1.32. The summed E-state index contributed by atoms with van der Waals surface area (Å²) in [6.07, 6.45) is 3.23. The molecule has 1 saturated heterocycles. The Bertz CT molecular complexity index is 1210. The number of likely N-dealkylation sites (tertiary alicyclic amines) is 1. The lowest BCUT2D eigenvalue weighted by molar-refractivity contribution is -0.117. The van der Waals surface area contributed by atoms with Gasteiger partial charge in [-0.15, -0.1) is 0 Å². The number of aromatic nitrogens is 3. The number of fused-ring (bicyclic) bond motifs is 1. The molecule has 9 nitrogen and oxygen atoms in total. The number of amides is 1. The highest BCUT2D eigenvalue weighted by atomic mass is 16.5. The molecule has 0 spiro atoms. The quantitative estimate of drug-likeness (QED) is 0.428. The number of imidazole rings is 1. The molecule has 37 heavy (non-hydrogen) atoms. The molecule has 3 aromatic rings. The first-order valence-electron chi connectivity index (χ1n) is 13.3. The van der Waals surface area contributed by atoms with Gasteiger partial charge in [-0.1, -0.05) is 0 Å². The molecule has 1 aliphatic heterocycles. The van der Waals surface area contributed by atoms with Gasteiger partial charge in [-0.25, -0.2) is 9.97 Å². The molecule has 0 aliphatic carbocycles. The molecule has 200 valence electrons. The minimum atomic E-state index is 0.0403. The van der Waals surface area contributed by atoms with Gasteiger partial charge in [0.05, 0.1) is 12.1 Å². The predicted octanol–water partition coefficient (Wildman–Crippen LogP) is 3.97. The molecule has 9 heteroatoms. The van der Waals surface area contributed by atoms with Crippen molar-refractivity contribution in [3.63, 3.8) is 0 Å². The van der Waals surface area contributed by atoms with Crippen molar-refractivity contribution in [2.75, 3.05) is 56.3 Å². The summed E-state index contributed by atoms with van der Waals surface area (Å²) in [7, 11) is 4.01. The zero-order valence-corrected chi connectivity index (χ0v) is 22.9. The third-order valence-electron chi connectivity index (χ3n) is 7.41. The van der Waals surface area contributed by atoms with E-state index in [2.05, 4.69) is 26.7 Å². The van der Waals surface area contributed by atoms with Crippen molar-refractivity contribution in [3.8, 4) is 0 Å². The number of carbonyl (C=O) groups excluding carboxylic acids is 1. The Morgan fingerprint density at radius 1 is 1.16 bits per heavy atom. The fourth-order valence-electron chi connectivity index (χ4n) is 5.08. The number of rotatable bonds is 10. The van der Waals surface area contributed by atoms with Crippen molar-refractivity contribution in [3.05, 3.63) is 41.3 Å². The maximum Gasteiger partial charge on any atom is 0.238 e. The highest BCUT2D eigenvalue weighted by Gasteiger charge is 2.23. The van der Waals surface area contributed by atoms with Gasteiger partial charge in [0.2, 0.25) is 5.91 Å². The second-order valence-electron chi connectivity index (χ2n) is 10.2. The summed E-state index contributed by atoms with van der Waals surface area (Å²) in [6, 6.07) is 7.92. The summed E-state index contributed by atoms with van der Waals surface area (Å²) < 4.78 is 7.99. The van der Waals surface area contributed by atoms with Gasteiger partial charge in [0.15, 0.2) is 5.82 Å². The molecule has 0 unspecified atom stereocenters. The van der Waals surface area contributed by atoms with Gasteiger partial charge < -0.3 is 25.3 Å². The third kappa shape index (κ3) is 6.40. The zero-order chi connectivity index (χ0) is 26.5. The molecule has 4 rings (SSSR count). The van der Waals surface area contributed by atoms with E-state index >= 15 is 0 Å². The number of piperidine rings is 1. The molecular weight excluding hydrogens is 466 g/mol. The molecule has 1 amide bonds. The minimum Gasteiger partial charge on any atom is -0.382 e. The number of hydrogen-bond donors (Lipinski definition) is 2. The molecule has 0 radical (unpaired) electrons. The van der Waals surface area contributed by atoms with Crippen LogP contribution < -0.4 is 16.0 Å². The van der Waals surface area contributed by atoms with Crippen molar-refractivity contribution >= 4 is 34.1 Å². The number of benzene rings is 1. The number of ether oxygens (including phenoxy) is 1. The van der Waals surface area contributed by atoms with Crippen LogP contribution in [0.3, 0.4) is 0 Å². The second kappa shape index (κ2) is 11.9. The molecular formula is C28H41N7O2. The number of nitrogens with zero attached hydrogens (tertiary/aromatic N) is 5. The zero-order valence-electron chi connectivity index (χ0n) is 22.9. The van der Waals surface area contributed by atoms with Crippen molar-refractivity contribution in [1.82, 2.24) is 19.4 Å². The fraction of sp³-hybridized carbons (Fsp3) is 0.536. The van der Waals surface area contributed by atoms with Crippen LogP contribution in [-0.4, -0.2) is 65.7 Å². The van der Waals surface area contributed by atoms with Crippen LogP contribution in [0.4, 0.5) is 17.2 Å². The van der Waals surface area contributed by atoms with Crippen LogP contribution in [0.2, 0.25) is 0 Å². The predicted molar refractivity (Wildman–Crippen MR) is 150 cm³/mol. The molecule has 3 heterocycles.